The smallest absolute Gasteiger partial charge is 0.352 e. The van der Waals surface area contributed by atoms with E-state index in [4.69, 9.17) is 5.11 Å². The van der Waals surface area contributed by atoms with Gasteiger partial charge in [-0.15, -0.1) is 0 Å². The summed E-state index contributed by atoms with van der Waals surface area (Å²) in [7, 11) is 0. The van der Waals surface area contributed by atoms with Gasteiger partial charge in [0.25, 0.3) is 0 Å². The van der Waals surface area contributed by atoms with E-state index in [0.717, 1.165) is 5.69 Å². The number of carboxylic acids is 1. The fourth-order valence-corrected chi connectivity index (χ4v) is 2.00. The second-order valence-electron chi connectivity index (χ2n) is 4.17. The highest BCUT2D eigenvalue weighted by atomic mass is 16.4. The van der Waals surface area contributed by atoms with E-state index in [1.54, 1.807) is 41.7 Å². The molecule has 6 nitrogen and oxygen atoms in total. The van der Waals surface area contributed by atoms with Crippen LogP contribution >= 0.6 is 0 Å². The van der Waals surface area contributed by atoms with E-state index in [1.807, 2.05) is 6.92 Å². The number of aromatic nitrogens is 2. The highest BCUT2D eigenvalue weighted by Gasteiger charge is 2.17. The number of hydrogen-bond donors (Lipinski definition) is 1. The van der Waals surface area contributed by atoms with Crippen LogP contribution in [0.25, 0.3) is 0 Å². The molecule has 0 fully saturated rings. The van der Waals surface area contributed by atoms with Crippen LogP contribution in [0.3, 0.4) is 0 Å². The van der Waals surface area contributed by atoms with Crippen molar-refractivity contribution in [3.63, 3.8) is 0 Å². The van der Waals surface area contributed by atoms with Crippen LogP contribution in [-0.4, -0.2) is 33.1 Å². The molecule has 0 aliphatic heterocycles. The summed E-state index contributed by atoms with van der Waals surface area (Å²) in [4.78, 5) is 28.8. The molecule has 0 bridgehead atoms. The van der Waals surface area contributed by atoms with Crippen molar-refractivity contribution < 1.29 is 14.7 Å². The average molecular weight is 273 g/mol. The SMILES string of the molecule is CCN(C(=O)Cn1cccc1C(=O)O)c1ccncc1. The molecule has 0 aliphatic carbocycles. The summed E-state index contributed by atoms with van der Waals surface area (Å²) < 4.78 is 1.43. The standard InChI is InChI=1S/C14H15N3O3/c1-2-17(11-5-7-15-8-6-11)13(18)10-16-9-3-4-12(16)14(19)20/h3-9H,2,10H2,1H3,(H,19,20). The molecule has 6 heteroatoms. The number of amides is 1. The molecule has 0 spiro atoms. The third-order valence-corrected chi connectivity index (χ3v) is 2.95. The van der Waals surface area contributed by atoms with Gasteiger partial charge in [-0.2, -0.15) is 0 Å². The number of rotatable bonds is 5. The Hall–Kier alpha value is -2.63. The van der Waals surface area contributed by atoms with Crippen LogP contribution in [-0.2, 0) is 11.3 Å². The van der Waals surface area contributed by atoms with Crippen molar-refractivity contribution in [2.45, 2.75) is 13.5 Å². The highest BCUT2D eigenvalue weighted by Crippen LogP contribution is 2.13. The molecule has 2 heterocycles. The number of anilines is 1. The van der Waals surface area contributed by atoms with Gasteiger partial charge in [-0.25, -0.2) is 4.79 Å². The lowest BCUT2D eigenvalue weighted by molar-refractivity contribution is -0.119. The zero-order chi connectivity index (χ0) is 14.5. The van der Waals surface area contributed by atoms with E-state index in [9.17, 15) is 9.59 Å². The Bertz CT molecular complexity index is 607. The van der Waals surface area contributed by atoms with Crippen molar-refractivity contribution in [3.05, 3.63) is 48.5 Å². The second kappa shape index (κ2) is 6.01. The summed E-state index contributed by atoms with van der Waals surface area (Å²) in [6.07, 6.45) is 4.81. The molecule has 0 saturated heterocycles. The van der Waals surface area contributed by atoms with Gasteiger partial charge in [-0.05, 0) is 31.2 Å². The molecule has 0 unspecified atom stereocenters. The van der Waals surface area contributed by atoms with Gasteiger partial charge >= 0.3 is 5.97 Å². The van der Waals surface area contributed by atoms with Crippen molar-refractivity contribution in [2.75, 3.05) is 11.4 Å². The first kappa shape index (κ1) is 13.8. The maximum Gasteiger partial charge on any atom is 0.352 e. The Morgan fingerprint density at radius 1 is 1.30 bits per heavy atom. The van der Waals surface area contributed by atoms with Crippen molar-refractivity contribution in [1.82, 2.24) is 9.55 Å². The van der Waals surface area contributed by atoms with Crippen molar-refractivity contribution in [2.24, 2.45) is 0 Å². The molecule has 2 rings (SSSR count). The van der Waals surface area contributed by atoms with Gasteiger partial charge in [0.2, 0.25) is 5.91 Å². The molecule has 20 heavy (non-hydrogen) atoms. The van der Waals surface area contributed by atoms with Gasteiger partial charge in [0, 0.05) is 30.8 Å². The molecule has 2 aromatic rings. The third kappa shape index (κ3) is 2.85. The van der Waals surface area contributed by atoms with Crippen LogP contribution in [0.5, 0.6) is 0 Å². The Morgan fingerprint density at radius 2 is 2.00 bits per heavy atom. The number of carbonyl (C=O) groups excluding carboxylic acids is 1. The van der Waals surface area contributed by atoms with E-state index < -0.39 is 5.97 Å². The molecular weight excluding hydrogens is 258 g/mol. The average Bonchev–Trinajstić information content (AvgIpc) is 2.89. The Balaban J connectivity index is 2.18. The minimum absolute atomic E-state index is 0.00913. The van der Waals surface area contributed by atoms with Crippen molar-refractivity contribution in [1.29, 1.82) is 0 Å². The predicted molar refractivity (Wildman–Crippen MR) is 73.7 cm³/mol. The summed E-state index contributed by atoms with van der Waals surface area (Å²) in [5, 5.41) is 9.03. The lowest BCUT2D eigenvalue weighted by atomic mass is 10.3. The monoisotopic (exact) mass is 273 g/mol. The number of hydrogen-bond acceptors (Lipinski definition) is 3. The number of carboxylic acid groups (broad SMARTS) is 1. The number of pyridine rings is 1. The minimum atomic E-state index is -1.05. The zero-order valence-corrected chi connectivity index (χ0v) is 11.1. The van der Waals surface area contributed by atoms with E-state index in [0.29, 0.717) is 6.54 Å². The molecule has 104 valence electrons. The largest absolute Gasteiger partial charge is 0.477 e. The molecule has 2 aromatic heterocycles. The Morgan fingerprint density at radius 3 is 2.60 bits per heavy atom. The van der Waals surface area contributed by atoms with E-state index in [1.165, 1.54) is 10.6 Å². The fourth-order valence-electron chi connectivity index (χ4n) is 2.00. The molecular formula is C14H15N3O3. The molecule has 0 aliphatic rings. The quantitative estimate of drug-likeness (QED) is 0.898. The number of aromatic carboxylic acids is 1. The van der Waals surface area contributed by atoms with Crippen molar-refractivity contribution in [3.8, 4) is 0 Å². The molecule has 0 radical (unpaired) electrons. The number of nitrogens with zero attached hydrogens (tertiary/aromatic N) is 3. The molecule has 0 aromatic carbocycles. The van der Waals surface area contributed by atoms with Crippen LogP contribution in [0, 0.1) is 0 Å². The Labute approximate surface area is 116 Å². The number of likely N-dealkylation sites (N-methyl/N-ethyl adjacent to an activating group) is 1. The normalized spacial score (nSPS) is 10.2. The first-order chi connectivity index (χ1) is 9.63. The van der Waals surface area contributed by atoms with Crippen LogP contribution < -0.4 is 4.90 Å². The van der Waals surface area contributed by atoms with E-state index in [-0.39, 0.29) is 18.1 Å². The molecule has 1 N–H and O–H groups in total. The maximum atomic E-state index is 12.3. The number of carbonyl (C=O) groups is 2. The van der Waals surface area contributed by atoms with Gasteiger partial charge in [-0.1, -0.05) is 0 Å². The maximum absolute atomic E-state index is 12.3. The van der Waals surface area contributed by atoms with Gasteiger partial charge in [0.1, 0.15) is 12.2 Å². The van der Waals surface area contributed by atoms with E-state index >= 15 is 0 Å². The van der Waals surface area contributed by atoms with Crippen LogP contribution in [0.2, 0.25) is 0 Å². The lowest BCUT2D eigenvalue weighted by Gasteiger charge is -2.21. The summed E-state index contributed by atoms with van der Waals surface area (Å²) >= 11 is 0. The Kier molecular flexibility index (Phi) is 4.14. The third-order valence-electron chi connectivity index (χ3n) is 2.95. The summed E-state index contributed by atoms with van der Waals surface area (Å²) in [5.41, 5.74) is 0.848. The second-order valence-corrected chi connectivity index (χ2v) is 4.17. The van der Waals surface area contributed by atoms with Crippen LogP contribution in [0.15, 0.2) is 42.9 Å². The van der Waals surface area contributed by atoms with Crippen LogP contribution in [0.4, 0.5) is 5.69 Å². The zero-order valence-electron chi connectivity index (χ0n) is 11.1. The lowest BCUT2D eigenvalue weighted by Crippen LogP contribution is -2.34. The van der Waals surface area contributed by atoms with Gasteiger partial charge in [0.05, 0.1) is 0 Å². The van der Waals surface area contributed by atoms with Gasteiger partial charge < -0.3 is 14.6 Å². The minimum Gasteiger partial charge on any atom is -0.477 e. The van der Waals surface area contributed by atoms with Gasteiger partial charge in [-0.3, -0.25) is 9.78 Å². The fraction of sp³-hybridized carbons (Fsp3) is 0.214. The van der Waals surface area contributed by atoms with E-state index in [2.05, 4.69) is 4.98 Å². The summed E-state index contributed by atoms with van der Waals surface area (Å²) in [6, 6.07) is 6.57. The molecule has 1 amide bonds. The molecule has 0 saturated carbocycles. The van der Waals surface area contributed by atoms with Crippen LogP contribution in [0.1, 0.15) is 17.4 Å². The van der Waals surface area contributed by atoms with Gasteiger partial charge in [0.15, 0.2) is 0 Å². The predicted octanol–water partition coefficient (Wildman–Crippen LogP) is 1.63. The highest BCUT2D eigenvalue weighted by molar-refractivity contribution is 5.94. The first-order valence-electron chi connectivity index (χ1n) is 6.22. The summed E-state index contributed by atoms with van der Waals surface area (Å²) in [6.45, 7) is 2.36. The molecule has 0 atom stereocenters. The summed E-state index contributed by atoms with van der Waals surface area (Å²) in [5.74, 6) is -1.22. The first-order valence-corrected chi connectivity index (χ1v) is 6.22. The van der Waals surface area contributed by atoms with Crippen molar-refractivity contribution >= 4 is 17.6 Å². The topological polar surface area (TPSA) is 75.4 Å².